The van der Waals surface area contributed by atoms with Crippen molar-refractivity contribution in [2.24, 2.45) is 0 Å². The zero-order valence-electron chi connectivity index (χ0n) is 15.4. The molecule has 0 atom stereocenters. The fraction of sp³-hybridized carbons (Fsp3) is 0.350. The quantitative estimate of drug-likeness (QED) is 0.734. The lowest BCUT2D eigenvalue weighted by Gasteiger charge is -2.25. The van der Waals surface area contributed by atoms with Crippen molar-refractivity contribution < 1.29 is 4.79 Å². The van der Waals surface area contributed by atoms with E-state index in [2.05, 4.69) is 26.5 Å². The minimum atomic E-state index is -0.115. The molecular formula is C20H23N5OS. The molecule has 7 heteroatoms. The average Bonchev–Trinajstić information content (AvgIpc) is 3.36. The first kappa shape index (κ1) is 17.7. The molecule has 0 unspecified atom stereocenters. The third kappa shape index (κ3) is 4.03. The van der Waals surface area contributed by atoms with Gasteiger partial charge in [-0.15, -0.1) is 10.2 Å². The molecule has 1 aliphatic heterocycles. The number of nitrogens with zero attached hydrogens (tertiary/aromatic N) is 4. The maximum Gasteiger partial charge on any atom is 0.268 e. The van der Waals surface area contributed by atoms with E-state index in [4.69, 9.17) is 0 Å². The summed E-state index contributed by atoms with van der Waals surface area (Å²) in [6.45, 7) is 4.61. The Balaban J connectivity index is 1.47. The largest absolute Gasteiger partial charge is 0.347 e. The van der Waals surface area contributed by atoms with Crippen molar-refractivity contribution in [3.05, 3.63) is 59.4 Å². The van der Waals surface area contributed by atoms with Gasteiger partial charge in [-0.05, 0) is 43.9 Å². The highest BCUT2D eigenvalue weighted by atomic mass is 32.1. The molecule has 140 valence electrons. The molecule has 4 rings (SSSR count). The molecule has 1 fully saturated rings. The highest BCUT2D eigenvalue weighted by molar-refractivity contribution is 7.17. The normalized spacial score (nSPS) is 14.3. The molecule has 6 nitrogen and oxygen atoms in total. The number of aryl methyl sites for hydroxylation is 1. The van der Waals surface area contributed by atoms with Gasteiger partial charge in [0.05, 0.1) is 0 Å². The Labute approximate surface area is 162 Å². The third-order valence-corrected chi connectivity index (χ3v) is 5.74. The van der Waals surface area contributed by atoms with Gasteiger partial charge in [-0.3, -0.25) is 9.36 Å². The molecule has 2 aromatic heterocycles. The monoisotopic (exact) mass is 381 g/mol. The van der Waals surface area contributed by atoms with Crippen molar-refractivity contribution >= 4 is 22.4 Å². The van der Waals surface area contributed by atoms with E-state index in [1.54, 1.807) is 0 Å². The number of carbonyl (C=O) groups excluding carboxylic acids is 1. The van der Waals surface area contributed by atoms with Crippen LogP contribution in [0.4, 0.5) is 5.13 Å². The van der Waals surface area contributed by atoms with Crippen molar-refractivity contribution in [3.8, 4) is 5.13 Å². The zero-order valence-corrected chi connectivity index (χ0v) is 16.2. The summed E-state index contributed by atoms with van der Waals surface area (Å²) in [6.07, 6.45) is 5.54. The molecule has 0 bridgehead atoms. The molecule has 3 aromatic rings. The number of nitrogens with one attached hydrogen (secondary N) is 1. The molecule has 27 heavy (non-hydrogen) atoms. The molecule has 1 aliphatic rings. The van der Waals surface area contributed by atoms with Crippen molar-refractivity contribution in [2.45, 2.75) is 32.7 Å². The first-order valence-electron chi connectivity index (χ1n) is 9.30. The topological polar surface area (TPSA) is 63.1 Å². The smallest absolute Gasteiger partial charge is 0.268 e. The number of aromatic nitrogens is 3. The molecule has 0 saturated carbocycles. The minimum absolute atomic E-state index is 0.115. The van der Waals surface area contributed by atoms with Gasteiger partial charge < -0.3 is 10.2 Å². The SMILES string of the molecule is Cc1cccc(CNC(=O)c2cccn2-c2nnc(N3CCCCC3)s2)c1. The number of piperidine rings is 1. The lowest BCUT2D eigenvalue weighted by molar-refractivity contribution is 0.0944. The number of hydrogen-bond donors (Lipinski definition) is 1. The molecule has 0 spiro atoms. The van der Waals surface area contributed by atoms with Gasteiger partial charge in [0.2, 0.25) is 10.3 Å². The summed E-state index contributed by atoms with van der Waals surface area (Å²) in [4.78, 5) is 15.0. The summed E-state index contributed by atoms with van der Waals surface area (Å²) in [5, 5.41) is 13.3. The van der Waals surface area contributed by atoms with E-state index in [1.165, 1.54) is 36.2 Å². The summed E-state index contributed by atoms with van der Waals surface area (Å²) >= 11 is 1.53. The molecule has 1 N–H and O–H groups in total. The van der Waals surface area contributed by atoms with Gasteiger partial charge in [0.15, 0.2) is 0 Å². The maximum atomic E-state index is 12.7. The highest BCUT2D eigenvalue weighted by Crippen LogP contribution is 2.26. The molecule has 0 radical (unpaired) electrons. The Bertz CT molecular complexity index is 926. The number of hydrogen-bond acceptors (Lipinski definition) is 5. The van der Waals surface area contributed by atoms with Gasteiger partial charge in [-0.2, -0.15) is 0 Å². The van der Waals surface area contributed by atoms with Crippen LogP contribution in [0.1, 0.15) is 40.9 Å². The number of amides is 1. The van der Waals surface area contributed by atoms with E-state index in [0.717, 1.165) is 28.9 Å². The van der Waals surface area contributed by atoms with Crippen molar-refractivity contribution in [3.63, 3.8) is 0 Å². The lowest BCUT2D eigenvalue weighted by Crippen LogP contribution is -2.29. The van der Waals surface area contributed by atoms with E-state index in [1.807, 2.05) is 48.0 Å². The summed E-state index contributed by atoms with van der Waals surface area (Å²) in [5.41, 5.74) is 2.85. The maximum absolute atomic E-state index is 12.7. The van der Waals surface area contributed by atoms with Crippen LogP contribution in [-0.4, -0.2) is 33.8 Å². The predicted molar refractivity (Wildman–Crippen MR) is 108 cm³/mol. The fourth-order valence-electron chi connectivity index (χ4n) is 3.35. The van der Waals surface area contributed by atoms with Crippen LogP contribution in [0, 0.1) is 6.92 Å². The minimum Gasteiger partial charge on any atom is -0.347 e. The number of rotatable bonds is 5. The first-order valence-corrected chi connectivity index (χ1v) is 10.1. The van der Waals surface area contributed by atoms with Crippen molar-refractivity contribution in [1.29, 1.82) is 0 Å². The second kappa shape index (κ2) is 7.92. The van der Waals surface area contributed by atoms with E-state index < -0.39 is 0 Å². The second-order valence-corrected chi connectivity index (χ2v) is 7.78. The lowest BCUT2D eigenvalue weighted by atomic mass is 10.1. The van der Waals surface area contributed by atoms with Crippen LogP contribution in [0.15, 0.2) is 42.6 Å². The standard InChI is InChI=1S/C20H23N5OS/c1-15-7-5-8-16(13-15)14-21-18(26)17-9-6-12-25(17)20-23-22-19(27-20)24-10-3-2-4-11-24/h5-9,12-13H,2-4,10-11,14H2,1H3,(H,21,26). The van der Waals surface area contributed by atoms with Crippen LogP contribution >= 0.6 is 11.3 Å². The van der Waals surface area contributed by atoms with Gasteiger partial charge >= 0.3 is 0 Å². The van der Waals surface area contributed by atoms with Crippen molar-refractivity contribution in [2.75, 3.05) is 18.0 Å². The summed E-state index contributed by atoms with van der Waals surface area (Å²) < 4.78 is 1.82. The van der Waals surface area contributed by atoms with E-state index >= 15 is 0 Å². The Morgan fingerprint density at radius 2 is 1.93 bits per heavy atom. The van der Waals surface area contributed by atoms with Gasteiger partial charge in [-0.25, -0.2) is 0 Å². The first-order chi connectivity index (χ1) is 13.2. The summed E-state index contributed by atoms with van der Waals surface area (Å²) in [5.74, 6) is -0.115. The molecule has 3 heterocycles. The molecule has 1 amide bonds. The van der Waals surface area contributed by atoms with Crippen LogP contribution < -0.4 is 10.2 Å². The van der Waals surface area contributed by atoms with Crippen LogP contribution in [0.25, 0.3) is 5.13 Å². The molecular weight excluding hydrogens is 358 g/mol. The van der Waals surface area contributed by atoms with Gasteiger partial charge in [0.1, 0.15) is 5.69 Å². The summed E-state index contributed by atoms with van der Waals surface area (Å²) in [7, 11) is 0. The van der Waals surface area contributed by atoms with Crippen LogP contribution in [0.3, 0.4) is 0 Å². The number of benzene rings is 1. The molecule has 0 aliphatic carbocycles. The van der Waals surface area contributed by atoms with Crippen molar-refractivity contribution in [1.82, 2.24) is 20.1 Å². The predicted octanol–water partition coefficient (Wildman–Crippen LogP) is 3.56. The summed E-state index contributed by atoms with van der Waals surface area (Å²) in [6, 6.07) is 11.8. The van der Waals surface area contributed by atoms with Crippen LogP contribution in [0.2, 0.25) is 0 Å². The number of anilines is 1. The van der Waals surface area contributed by atoms with E-state index in [-0.39, 0.29) is 5.91 Å². The van der Waals surface area contributed by atoms with Crippen LogP contribution in [0.5, 0.6) is 0 Å². The third-order valence-electron chi connectivity index (χ3n) is 4.75. The highest BCUT2D eigenvalue weighted by Gasteiger charge is 2.19. The fourth-order valence-corrected chi connectivity index (χ4v) is 4.24. The van der Waals surface area contributed by atoms with Crippen LogP contribution in [-0.2, 0) is 6.54 Å². The Morgan fingerprint density at radius 3 is 2.74 bits per heavy atom. The average molecular weight is 382 g/mol. The zero-order chi connectivity index (χ0) is 18.6. The van der Waals surface area contributed by atoms with Gasteiger partial charge in [0, 0.05) is 25.8 Å². The Morgan fingerprint density at radius 1 is 1.11 bits per heavy atom. The molecule has 1 aromatic carbocycles. The Hall–Kier alpha value is -2.67. The second-order valence-electron chi connectivity index (χ2n) is 6.85. The van der Waals surface area contributed by atoms with Gasteiger partial charge in [-0.1, -0.05) is 41.2 Å². The van der Waals surface area contributed by atoms with E-state index in [0.29, 0.717) is 12.2 Å². The Kier molecular flexibility index (Phi) is 5.20. The molecule has 1 saturated heterocycles. The number of carbonyl (C=O) groups is 1. The van der Waals surface area contributed by atoms with Gasteiger partial charge in [0.25, 0.3) is 5.91 Å². The van der Waals surface area contributed by atoms with E-state index in [9.17, 15) is 4.79 Å².